The molecular formula is C21H26N2O3S. The molecule has 0 saturated carbocycles. The van der Waals surface area contributed by atoms with Crippen molar-refractivity contribution in [3.63, 3.8) is 0 Å². The lowest BCUT2D eigenvalue weighted by Gasteiger charge is -2.27. The van der Waals surface area contributed by atoms with Gasteiger partial charge < -0.3 is 4.90 Å². The van der Waals surface area contributed by atoms with E-state index >= 15 is 0 Å². The van der Waals surface area contributed by atoms with E-state index in [1.807, 2.05) is 30.9 Å². The van der Waals surface area contributed by atoms with Gasteiger partial charge in [-0.1, -0.05) is 18.2 Å². The van der Waals surface area contributed by atoms with Gasteiger partial charge >= 0.3 is 0 Å². The Morgan fingerprint density at radius 3 is 2.37 bits per heavy atom. The molecule has 3 rings (SSSR count). The van der Waals surface area contributed by atoms with E-state index in [0.29, 0.717) is 16.8 Å². The van der Waals surface area contributed by atoms with Crippen LogP contribution in [-0.4, -0.2) is 32.3 Å². The molecule has 1 fully saturated rings. The van der Waals surface area contributed by atoms with Gasteiger partial charge in [-0.2, -0.15) is 0 Å². The van der Waals surface area contributed by atoms with Crippen molar-refractivity contribution in [2.45, 2.75) is 44.9 Å². The number of nitrogens with zero attached hydrogens (tertiary/aromatic N) is 1. The van der Waals surface area contributed by atoms with Crippen molar-refractivity contribution in [1.82, 2.24) is 4.90 Å². The van der Waals surface area contributed by atoms with Crippen LogP contribution in [0.25, 0.3) is 0 Å². The van der Waals surface area contributed by atoms with Crippen LogP contribution in [0.15, 0.2) is 41.3 Å². The second-order valence-corrected chi connectivity index (χ2v) is 8.84. The van der Waals surface area contributed by atoms with Crippen molar-refractivity contribution in [2.24, 2.45) is 0 Å². The Kier molecular flexibility index (Phi) is 5.56. The number of sulfonamides is 1. The summed E-state index contributed by atoms with van der Waals surface area (Å²) in [7, 11) is -3.79. The van der Waals surface area contributed by atoms with Crippen LogP contribution in [0, 0.1) is 20.8 Å². The highest BCUT2D eigenvalue weighted by molar-refractivity contribution is 7.92. The van der Waals surface area contributed by atoms with Gasteiger partial charge in [0.15, 0.2) is 0 Å². The lowest BCUT2D eigenvalue weighted by Crippen LogP contribution is -2.35. The van der Waals surface area contributed by atoms with Gasteiger partial charge in [-0.25, -0.2) is 8.42 Å². The first-order valence-electron chi connectivity index (χ1n) is 9.28. The molecule has 1 saturated heterocycles. The fraction of sp³-hybridized carbons (Fsp3) is 0.381. The minimum Gasteiger partial charge on any atom is -0.339 e. The predicted octanol–water partition coefficient (Wildman–Crippen LogP) is 4.04. The van der Waals surface area contributed by atoms with Crippen molar-refractivity contribution in [2.75, 3.05) is 17.8 Å². The number of rotatable bonds is 4. The number of amides is 1. The van der Waals surface area contributed by atoms with E-state index in [0.717, 1.165) is 43.5 Å². The maximum atomic E-state index is 13.0. The van der Waals surface area contributed by atoms with Crippen LogP contribution in [0.3, 0.4) is 0 Å². The first kappa shape index (κ1) is 19.4. The zero-order chi connectivity index (χ0) is 19.6. The van der Waals surface area contributed by atoms with E-state index in [2.05, 4.69) is 4.72 Å². The molecule has 0 unspecified atom stereocenters. The number of piperidine rings is 1. The van der Waals surface area contributed by atoms with E-state index in [1.54, 1.807) is 25.1 Å². The van der Waals surface area contributed by atoms with Crippen molar-refractivity contribution in [1.29, 1.82) is 0 Å². The third-order valence-electron chi connectivity index (χ3n) is 5.22. The molecular weight excluding hydrogens is 360 g/mol. The topological polar surface area (TPSA) is 66.5 Å². The molecule has 0 bridgehead atoms. The molecule has 0 spiro atoms. The Morgan fingerprint density at radius 1 is 0.963 bits per heavy atom. The van der Waals surface area contributed by atoms with Gasteiger partial charge in [0.25, 0.3) is 15.9 Å². The van der Waals surface area contributed by atoms with Crippen LogP contribution in [0.2, 0.25) is 0 Å². The third kappa shape index (κ3) is 4.16. The molecule has 144 valence electrons. The van der Waals surface area contributed by atoms with Crippen LogP contribution in [0.5, 0.6) is 0 Å². The van der Waals surface area contributed by atoms with Gasteiger partial charge in [-0.15, -0.1) is 0 Å². The molecule has 1 heterocycles. The summed E-state index contributed by atoms with van der Waals surface area (Å²) in [6, 6.07) is 10.4. The maximum Gasteiger partial charge on any atom is 0.262 e. The molecule has 1 aliphatic heterocycles. The van der Waals surface area contributed by atoms with Crippen LogP contribution >= 0.6 is 0 Å². The van der Waals surface area contributed by atoms with Crippen LogP contribution in [0.1, 0.15) is 46.3 Å². The maximum absolute atomic E-state index is 13.0. The molecule has 0 aromatic heterocycles. The average Bonchev–Trinajstić information content (AvgIpc) is 2.66. The molecule has 2 aromatic rings. The zero-order valence-electron chi connectivity index (χ0n) is 16.1. The molecule has 0 aliphatic carbocycles. The minimum atomic E-state index is -3.79. The molecule has 1 N–H and O–H groups in total. The lowest BCUT2D eigenvalue weighted by molar-refractivity contribution is 0.0724. The van der Waals surface area contributed by atoms with Gasteiger partial charge in [-0.05, 0) is 74.9 Å². The van der Waals surface area contributed by atoms with Crippen LogP contribution < -0.4 is 4.72 Å². The lowest BCUT2D eigenvalue weighted by atomic mass is 10.1. The average molecular weight is 387 g/mol. The Labute approximate surface area is 161 Å². The Bertz CT molecular complexity index is 961. The number of carbonyl (C=O) groups is 1. The summed E-state index contributed by atoms with van der Waals surface area (Å²) in [5.74, 6) is -0.0992. The van der Waals surface area contributed by atoms with Gasteiger partial charge in [0.05, 0.1) is 10.6 Å². The molecule has 2 aromatic carbocycles. The summed E-state index contributed by atoms with van der Waals surface area (Å²) >= 11 is 0. The van der Waals surface area contributed by atoms with Crippen LogP contribution in [-0.2, 0) is 10.0 Å². The van der Waals surface area contributed by atoms with Crippen LogP contribution in [0.4, 0.5) is 5.69 Å². The largest absolute Gasteiger partial charge is 0.339 e. The monoisotopic (exact) mass is 386 g/mol. The number of anilines is 1. The number of nitrogens with one attached hydrogen (secondary N) is 1. The third-order valence-corrected chi connectivity index (χ3v) is 6.72. The number of likely N-dealkylation sites (tertiary alicyclic amines) is 1. The molecule has 27 heavy (non-hydrogen) atoms. The standard InChI is InChI=1S/C21H26N2O3S/c1-15-8-7-9-19(17(15)3)22-27(25,26)20-14-18(11-10-16(20)2)21(24)23-12-5-4-6-13-23/h7-11,14,22H,4-6,12-13H2,1-3H3. The number of aryl methyl sites for hydroxylation is 2. The minimum absolute atomic E-state index is 0.0992. The van der Waals surface area contributed by atoms with Crippen molar-refractivity contribution < 1.29 is 13.2 Å². The normalized spacial score (nSPS) is 14.9. The quantitative estimate of drug-likeness (QED) is 0.862. The number of benzene rings is 2. The molecule has 0 radical (unpaired) electrons. The Hall–Kier alpha value is -2.34. The molecule has 0 atom stereocenters. The first-order valence-corrected chi connectivity index (χ1v) is 10.8. The number of hydrogen-bond acceptors (Lipinski definition) is 3. The number of carbonyl (C=O) groups excluding carboxylic acids is 1. The Balaban J connectivity index is 1.93. The van der Waals surface area contributed by atoms with E-state index in [-0.39, 0.29) is 10.8 Å². The predicted molar refractivity (Wildman–Crippen MR) is 108 cm³/mol. The highest BCUT2D eigenvalue weighted by Gasteiger charge is 2.23. The smallest absolute Gasteiger partial charge is 0.262 e. The fourth-order valence-electron chi connectivity index (χ4n) is 3.36. The Morgan fingerprint density at radius 2 is 1.67 bits per heavy atom. The summed E-state index contributed by atoms with van der Waals surface area (Å²) in [4.78, 5) is 14.7. The summed E-state index contributed by atoms with van der Waals surface area (Å²) < 4.78 is 28.7. The van der Waals surface area contributed by atoms with E-state index in [1.165, 1.54) is 6.07 Å². The summed E-state index contributed by atoms with van der Waals surface area (Å²) in [6.07, 6.45) is 3.13. The molecule has 1 aliphatic rings. The summed E-state index contributed by atoms with van der Waals surface area (Å²) in [5, 5.41) is 0. The van der Waals surface area contributed by atoms with Gasteiger partial charge in [0.2, 0.25) is 0 Å². The highest BCUT2D eigenvalue weighted by Crippen LogP contribution is 2.25. The highest BCUT2D eigenvalue weighted by atomic mass is 32.2. The summed E-state index contributed by atoms with van der Waals surface area (Å²) in [6.45, 7) is 7.03. The second kappa shape index (κ2) is 7.72. The van der Waals surface area contributed by atoms with E-state index in [4.69, 9.17) is 0 Å². The second-order valence-electron chi connectivity index (χ2n) is 7.19. The first-order chi connectivity index (χ1) is 12.8. The summed E-state index contributed by atoms with van der Waals surface area (Å²) in [5.41, 5.74) is 3.49. The molecule has 6 heteroatoms. The fourth-order valence-corrected chi connectivity index (χ4v) is 4.76. The number of hydrogen-bond donors (Lipinski definition) is 1. The van der Waals surface area contributed by atoms with Gasteiger partial charge in [0, 0.05) is 18.7 Å². The van der Waals surface area contributed by atoms with Gasteiger partial charge in [-0.3, -0.25) is 9.52 Å². The van der Waals surface area contributed by atoms with E-state index in [9.17, 15) is 13.2 Å². The van der Waals surface area contributed by atoms with E-state index < -0.39 is 10.0 Å². The van der Waals surface area contributed by atoms with Crippen molar-refractivity contribution >= 4 is 21.6 Å². The SMILES string of the molecule is Cc1ccc(C(=O)N2CCCCC2)cc1S(=O)(=O)Nc1cccc(C)c1C. The molecule has 5 nitrogen and oxygen atoms in total. The van der Waals surface area contributed by atoms with Crippen molar-refractivity contribution in [3.05, 3.63) is 58.7 Å². The van der Waals surface area contributed by atoms with Gasteiger partial charge in [0.1, 0.15) is 0 Å². The molecule has 1 amide bonds. The van der Waals surface area contributed by atoms with Crippen molar-refractivity contribution in [3.8, 4) is 0 Å². The zero-order valence-corrected chi connectivity index (χ0v) is 16.9.